The quantitative estimate of drug-likeness (QED) is 0.151. The Morgan fingerprint density at radius 1 is 0.929 bits per heavy atom. The van der Waals surface area contributed by atoms with E-state index in [0.717, 1.165) is 72.9 Å². The van der Waals surface area contributed by atoms with Crippen LogP contribution in [0.25, 0.3) is 5.57 Å². The summed E-state index contributed by atoms with van der Waals surface area (Å²) < 4.78 is 5.13. The third-order valence-corrected chi connectivity index (χ3v) is 5.55. The Balaban J connectivity index is -0.000000578. The largest absolute Gasteiger partial charge is 0.381 e. The van der Waals surface area contributed by atoms with E-state index in [9.17, 15) is 9.59 Å². The lowest BCUT2D eigenvalue weighted by Gasteiger charge is -2.12. The van der Waals surface area contributed by atoms with Gasteiger partial charge in [0.15, 0.2) is 0 Å². The number of ether oxygens (including phenoxy) is 1. The zero-order chi connectivity index (χ0) is 32.9. The van der Waals surface area contributed by atoms with Crippen LogP contribution in [-0.4, -0.2) is 54.2 Å². The van der Waals surface area contributed by atoms with E-state index in [2.05, 4.69) is 54.2 Å². The molecule has 0 fully saturated rings. The fourth-order valence-corrected chi connectivity index (χ4v) is 3.71. The van der Waals surface area contributed by atoms with Crippen LogP contribution in [0.3, 0.4) is 0 Å². The van der Waals surface area contributed by atoms with Crippen LogP contribution < -0.4 is 0 Å². The molecule has 0 spiro atoms. The van der Waals surface area contributed by atoms with Crippen molar-refractivity contribution in [3.05, 3.63) is 41.1 Å². The standard InChI is InChI=1S/C16H22N4.C10H20O.C6H14O.C3H6O/c1-7-11(3)18-9-14(8-2)16-15(10-17-6)12(4)19-13(5)20-16;1-4-6-10(7-5-2)8-9(3)11;1-3-5-7-6-4-2;1-3(2)4/h8-10H,3,7H2,1-2,4-6H3;10H,4-8H2,1-3H3;3-6H2,1-2H3;1-2H3/b14-8+,17-10?,18-9?;;;. The number of rotatable bonds is 15. The fourth-order valence-electron chi connectivity index (χ4n) is 3.71. The molecule has 0 amide bonds. The maximum Gasteiger partial charge on any atom is 0.130 e. The van der Waals surface area contributed by atoms with Crippen LogP contribution in [-0.2, 0) is 14.3 Å². The van der Waals surface area contributed by atoms with Gasteiger partial charge in [-0.05, 0) is 66.7 Å². The first-order chi connectivity index (χ1) is 19.9. The summed E-state index contributed by atoms with van der Waals surface area (Å²) in [4.78, 5) is 37.6. The molecule has 0 bridgehead atoms. The first-order valence-electron chi connectivity index (χ1n) is 15.6. The molecule has 0 aliphatic heterocycles. The van der Waals surface area contributed by atoms with Gasteiger partial charge in [-0.3, -0.25) is 9.98 Å². The molecule has 0 N–H and O–H groups in total. The van der Waals surface area contributed by atoms with Gasteiger partial charge in [0.05, 0.1) is 11.4 Å². The Hall–Kier alpha value is -2.80. The number of carbonyl (C=O) groups excluding carboxylic acids is 2. The second-order valence-corrected chi connectivity index (χ2v) is 10.3. The first-order valence-corrected chi connectivity index (χ1v) is 15.6. The molecule has 1 aromatic heterocycles. The monoisotopic (exact) mass is 586 g/mol. The molecule has 0 saturated carbocycles. The fraction of sp³-hybridized carbons (Fsp3) is 0.657. The highest BCUT2D eigenvalue weighted by atomic mass is 16.5. The number of nitrogens with zero attached hydrogens (tertiary/aromatic N) is 4. The van der Waals surface area contributed by atoms with Gasteiger partial charge >= 0.3 is 0 Å². The number of aromatic nitrogens is 2. The average molecular weight is 587 g/mol. The zero-order valence-electron chi connectivity index (χ0n) is 29.1. The van der Waals surface area contributed by atoms with Crippen molar-refractivity contribution in [1.29, 1.82) is 0 Å². The van der Waals surface area contributed by atoms with Crippen LogP contribution in [0.1, 0.15) is 136 Å². The van der Waals surface area contributed by atoms with Crippen LogP contribution >= 0.6 is 0 Å². The molecule has 0 aliphatic carbocycles. The van der Waals surface area contributed by atoms with E-state index in [1.807, 2.05) is 33.8 Å². The Bertz CT molecular complexity index is 951. The molecule has 0 aliphatic rings. The molecule has 7 heteroatoms. The minimum Gasteiger partial charge on any atom is -0.381 e. The van der Waals surface area contributed by atoms with E-state index < -0.39 is 0 Å². The minimum atomic E-state index is 0.167. The predicted molar refractivity (Wildman–Crippen MR) is 183 cm³/mol. The number of aryl methyl sites for hydroxylation is 2. The summed E-state index contributed by atoms with van der Waals surface area (Å²) in [7, 11) is 1.74. The second kappa shape index (κ2) is 29.7. The van der Waals surface area contributed by atoms with Crippen molar-refractivity contribution >= 4 is 29.6 Å². The summed E-state index contributed by atoms with van der Waals surface area (Å²) in [5, 5.41) is 0. The smallest absolute Gasteiger partial charge is 0.130 e. The Kier molecular flexibility index (Phi) is 30.9. The topological polar surface area (TPSA) is 93.9 Å². The number of hydrogen-bond acceptors (Lipinski definition) is 7. The highest BCUT2D eigenvalue weighted by Crippen LogP contribution is 2.18. The molecule has 42 heavy (non-hydrogen) atoms. The third kappa shape index (κ3) is 26.1. The normalized spacial score (nSPS) is 10.9. The molecule has 1 aromatic rings. The van der Waals surface area contributed by atoms with Gasteiger partial charge in [0, 0.05) is 55.9 Å². The lowest BCUT2D eigenvalue weighted by atomic mass is 9.93. The van der Waals surface area contributed by atoms with Crippen LogP contribution in [0, 0.1) is 19.8 Å². The van der Waals surface area contributed by atoms with E-state index in [0.29, 0.717) is 11.7 Å². The lowest BCUT2D eigenvalue weighted by Crippen LogP contribution is -2.06. The van der Waals surface area contributed by atoms with Gasteiger partial charge in [-0.2, -0.15) is 0 Å². The molecule has 7 nitrogen and oxygen atoms in total. The van der Waals surface area contributed by atoms with E-state index in [1.54, 1.807) is 26.4 Å². The number of allylic oxidation sites excluding steroid dienone is 3. The van der Waals surface area contributed by atoms with Crippen molar-refractivity contribution in [2.45, 2.75) is 128 Å². The minimum absolute atomic E-state index is 0.167. The van der Waals surface area contributed by atoms with Crippen molar-refractivity contribution in [2.75, 3.05) is 20.3 Å². The van der Waals surface area contributed by atoms with E-state index in [1.165, 1.54) is 39.5 Å². The van der Waals surface area contributed by atoms with E-state index in [-0.39, 0.29) is 5.78 Å². The second-order valence-electron chi connectivity index (χ2n) is 10.3. The van der Waals surface area contributed by atoms with Gasteiger partial charge in [0.2, 0.25) is 0 Å². The van der Waals surface area contributed by atoms with Crippen LogP contribution in [0.4, 0.5) is 0 Å². The molecule has 0 saturated heterocycles. The van der Waals surface area contributed by atoms with Crippen molar-refractivity contribution in [2.24, 2.45) is 15.9 Å². The SMILES string of the molecule is C=C(CC)N=C/C(=C\C)c1nc(C)nc(C)c1C=NC.CC(C)=O.CCCC(CCC)CC(C)=O.CCCOCCC. The molecule has 240 valence electrons. The summed E-state index contributed by atoms with van der Waals surface area (Å²) in [5.41, 5.74) is 4.50. The van der Waals surface area contributed by atoms with Gasteiger partial charge in [0.25, 0.3) is 0 Å². The summed E-state index contributed by atoms with van der Waals surface area (Å²) in [6.07, 6.45) is 14.3. The summed E-state index contributed by atoms with van der Waals surface area (Å²) in [6.45, 7) is 26.9. The summed E-state index contributed by atoms with van der Waals surface area (Å²) >= 11 is 0. The highest BCUT2D eigenvalue weighted by molar-refractivity contribution is 6.12. The Labute approximate surface area is 258 Å². The predicted octanol–water partition coefficient (Wildman–Crippen LogP) is 9.14. The molecule has 0 radical (unpaired) electrons. The molecule has 0 aromatic carbocycles. The van der Waals surface area contributed by atoms with Crippen molar-refractivity contribution in [3.63, 3.8) is 0 Å². The average Bonchev–Trinajstić information content (AvgIpc) is 2.91. The number of Topliss-reactive ketones (excluding diaryl/α,β-unsaturated/α-hetero) is 2. The summed E-state index contributed by atoms with van der Waals surface area (Å²) in [5.74, 6) is 1.91. The lowest BCUT2D eigenvalue weighted by molar-refractivity contribution is -0.118. The van der Waals surface area contributed by atoms with Gasteiger partial charge in [0.1, 0.15) is 17.4 Å². The zero-order valence-corrected chi connectivity index (χ0v) is 29.1. The van der Waals surface area contributed by atoms with Gasteiger partial charge in [-0.15, -0.1) is 0 Å². The third-order valence-electron chi connectivity index (χ3n) is 5.55. The molecule has 0 atom stereocenters. The van der Waals surface area contributed by atoms with Crippen molar-refractivity contribution in [1.82, 2.24) is 9.97 Å². The number of hydrogen-bond donors (Lipinski definition) is 0. The van der Waals surface area contributed by atoms with Crippen molar-refractivity contribution < 1.29 is 14.3 Å². The van der Waals surface area contributed by atoms with Crippen molar-refractivity contribution in [3.8, 4) is 0 Å². The maximum atomic E-state index is 10.8. The maximum absolute atomic E-state index is 10.8. The van der Waals surface area contributed by atoms with Gasteiger partial charge in [-0.1, -0.05) is 73.0 Å². The first kappa shape index (κ1) is 43.7. The molecule has 0 unspecified atom stereocenters. The molecular weight excluding hydrogens is 524 g/mol. The molecule has 1 heterocycles. The van der Waals surface area contributed by atoms with E-state index >= 15 is 0 Å². The molecular formula is C35H62N4O3. The Morgan fingerprint density at radius 2 is 1.45 bits per heavy atom. The Morgan fingerprint density at radius 3 is 1.83 bits per heavy atom. The summed E-state index contributed by atoms with van der Waals surface area (Å²) in [6, 6.07) is 0. The number of aliphatic imine (C=N–C) groups is 2. The van der Waals surface area contributed by atoms with Gasteiger partial charge in [-0.25, -0.2) is 9.97 Å². The molecule has 1 rings (SSSR count). The van der Waals surface area contributed by atoms with Crippen LogP contribution in [0.5, 0.6) is 0 Å². The van der Waals surface area contributed by atoms with Crippen LogP contribution in [0.2, 0.25) is 0 Å². The van der Waals surface area contributed by atoms with Gasteiger partial charge < -0.3 is 14.3 Å². The van der Waals surface area contributed by atoms with Crippen LogP contribution in [0.15, 0.2) is 28.3 Å². The number of carbonyl (C=O) groups is 2. The highest BCUT2D eigenvalue weighted by Gasteiger charge is 2.11. The van der Waals surface area contributed by atoms with E-state index in [4.69, 9.17) is 4.74 Å². The number of ketones is 2.